The first-order valence-electron chi connectivity index (χ1n) is 2.81. The topological polar surface area (TPSA) is 12.9 Å². The Morgan fingerprint density at radius 2 is 2.00 bits per heavy atom. The number of pyridine rings is 1. The van der Waals surface area contributed by atoms with Gasteiger partial charge in [0.25, 0.3) is 6.43 Å². The zero-order valence-electron chi connectivity index (χ0n) is 5.49. The summed E-state index contributed by atoms with van der Waals surface area (Å²) in [5.74, 6) is 0. The Labute approximate surface area is 104 Å². The Hall–Kier alpha value is 0.950. The molecular weight excluding hydrogens is 458 g/mol. The van der Waals surface area contributed by atoms with Gasteiger partial charge in [-0.15, -0.1) is 0 Å². The van der Waals surface area contributed by atoms with Gasteiger partial charge < -0.3 is 0 Å². The van der Waals surface area contributed by atoms with Gasteiger partial charge in [-0.1, -0.05) is 0 Å². The van der Waals surface area contributed by atoms with Crippen LogP contribution in [-0.2, 0) is 0 Å². The first-order valence-corrected chi connectivity index (χ1v) is 5.76. The predicted octanol–water partition coefficient (Wildman–Crippen LogP) is 3.99. The minimum absolute atomic E-state index is 0.0231. The molecule has 0 amide bonds. The van der Waals surface area contributed by atoms with E-state index >= 15 is 0 Å². The van der Waals surface area contributed by atoms with Gasteiger partial charge in [0.05, 0.1) is 4.47 Å². The van der Waals surface area contributed by atoms with Crippen molar-refractivity contribution in [3.63, 3.8) is 0 Å². The van der Waals surface area contributed by atoms with E-state index in [0.29, 0.717) is 11.7 Å². The van der Waals surface area contributed by atoms with Crippen molar-refractivity contribution in [1.29, 1.82) is 0 Å². The van der Waals surface area contributed by atoms with Crippen molar-refractivity contribution < 1.29 is 8.78 Å². The van der Waals surface area contributed by atoms with Crippen molar-refractivity contribution in [3.8, 4) is 0 Å². The third-order valence-electron chi connectivity index (χ3n) is 1.18. The van der Waals surface area contributed by atoms with E-state index in [9.17, 15) is 8.78 Å². The average Bonchev–Trinajstić information content (AvgIpc) is 1.97. The van der Waals surface area contributed by atoms with E-state index in [1.165, 1.54) is 6.20 Å². The molecule has 0 aromatic carbocycles. The summed E-state index contributed by atoms with van der Waals surface area (Å²) in [4.78, 5) is 3.92. The lowest BCUT2D eigenvalue weighted by Gasteiger charge is -2.06. The molecule has 0 atom stereocenters. The summed E-state index contributed by atoms with van der Waals surface area (Å²) in [6.07, 6.45) is -1.02. The van der Waals surface area contributed by atoms with Crippen LogP contribution in [0, 0.1) is 7.27 Å². The van der Waals surface area contributed by atoms with Gasteiger partial charge in [-0.2, -0.15) is 0 Å². The highest BCUT2D eigenvalue weighted by atomic mass is 127. The molecule has 0 aliphatic heterocycles. The van der Waals surface area contributed by atoms with Gasteiger partial charge in [0.2, 0.25) is 0 Å². The summed E-state index contributed by atoms with van der Waals surface area (Å²) in [6.45, 7) is 0. The quantitative estimate of drug-likeness (QED) is 0.457. The number of rotatable bonds is 1. The minimum atomic E-state index is -2.46. The lowest BCUT2D eigenvalue weighted by molar-refractivity contribution is 0.149. The lowest BCUT2D eigenvalue weighted by Crippen LogP contribution is -1.96. The van der Waals surface area contributed by atoms with Gasteiger partial charge in [0.15, 0.2) is 0 Å². The molecule has 1 heterocycles. The van der Waals surface area contributed by atoms with Crippen molar-refractivity contribution in [3.05, 3.63) is 23.5 Å². The highest BCUT2D eigenvalue weighted by molar-refractivity contribution is 14.1. The lowest BCUT2D eigenvalue weighted by atomic mass is 10.3. The molecule has 0 saturated heterocycles. The van der Waals surface area contributed by atoms with Crippen molar-refractivity contribution in [2.24, 2.45) is 0 Å². The fourth-order valence-electron chi connectivity index (χ4n) is 0.656. The molecule has 1 rings (SSSR count). The van der Waals surface area contributed by atoms with Crippen LogP contribution in [0.2, 0.25) is 0 Å². The minimum Gasteiger partial charge on any atom is -0.248 e. The molecule has 0 spiro atoms. The summed E-state index contributed by atoms with van der Waals surface area (Å²) < 4.78 is 26.2. The SMILES string of the molecule is FC(F)c1c(I)cnc(I)c1Br. The first kappa shape index (κ1) is 11.0. The average molecular weight is 460 g/mol. The fourth-order valence-corrected chi connectivity index (χ4v) is 2.59. The maximum absolute atomic E-state index is 12.4. The van der Waals surface area contributed by atoms with Crippen LogP contribution in [0.15, 0.2) is 10.7 Å². The zero-order valence-corrected chi connectivity index (χ0v) is 11.4. The van der Waals surface area contributed by atoms with Gasteiger partial charge in [0.1, 0.15) is 3.70 Å². The molecule has 0 aliphatic rings. The normalized spacial score (nSPS) is 10.8. The molecule has 0 aliphatic carbocycles. The Kier molecular flexibility index (Phi) is 4.09. The summed E-state index contributed by atoms with van der Waals surface area (Å²) in [5, 5.41) is 0. The van der Waals surface area contributed by atoms with E-state index in [2.05, 4.69) is 20.9 Å². The van der Waals surface area contributed by atoms with E-state index in [0.717, 1.165) is 0 Å². The van der Waals surface area contributed by atoms with Gasteiger partial charge in [-0.25, -0.2) is 13.8 Å². The summed E-state index contributed by atoms with van der Waals surface area (Å²) in [5.41, 5.74) is 0.0231. The van der Waals surface area contributed by atoms with Gasteiger partial charge in [0, 0.05) is 15.3 Å². The molecule has 1 aromatic rings. The van der Waals surface area contributed by atoms with Crippen LogP contribution in [0.5, 0.6) is 0 Å². The van der Waals surface area contributed by atoms with Gasteiger partial charge >= 0.3 is 0 Å². The van der Waals surface area contributed by atoms with E-state index in [1.807, 2.05) is 45.2 Å². The van der Waals surface area contributed by atoms with Crippen LogP contribution < -0.4 is 0 Å². The molecular formula is C6H2BrF2I2N. The van der Waals surface area contributed by atoms with E-state index in [1.54, 1.807) is 0 Å². The molecule has 6 heteroatoms. The Morgan fingerprint density at radius 1 is 1.42 bits per heavy atom. The summed E-state index contributed by atoms with van der Waals surface area (Å²) in [6, 6.07) is 0. The third-order valence-corrected chi connectivity index (χ3v) is 4.41. The molecule has 0 N–H and O–H groups in total. The maximum Gasteiger partial charge on any atom is 0.266 e. The first-order chi connectivity index (χ1) is 5.54. The molecule has 0 fully saturated rings. The molecule has 0 radical (unpaired) electrons. The molecule has 66 valence electrons. The maximum atomic E-state index is 12.4. The predicted molar refractivity (Wildman–Crippen MR) is 62.3 cm³/mol. The molecule has 1 nitrogen and oxygen atoms in total. The van der Waals surface area contributed by atoms with Crippen molar-refractivity contribution in [2.45, 2.75) is 6.43 Å². The van der Waals surface area contributed by atoms with Crippen LogP contribution >= 0.6 is 61.1 Å². The monoisotopic (exact) mass is 459 g/mol. The van der Waals surface area contributed by atoms with Crippen molar-refractivity contribution in [2.75, 3.05) is 0 Å². The van der Waals surface area contributed by atoms with Crippen LogP contribution in [0.3, 0.4) is 0 Å². The highest BCUT2D eigenvalue weighted by Crippen LogP contribution is 2.33. The van der Waals surface area contributed by atoms with Crippen LogP contribution in [-0.4, -0.2) is 4.98 Å². The fraction of sp³-hybridized carbons (Fsp3) is 0.167. The Balaban J connectivity index is 3.33. The van der Waals surface area contributed by atoms with Crippen LogP contribution in [0.4, 0.5) is 8.78 Å². The smallest absolute Gasteiger partial charge is 0.248 e. The number of aromatic nitrogens is 1. The highest BCUT2D eigenvalue weighted by Gasteiger charge is 2.17. The molecule has 0 bridgehead atoms. The van der Waals surface area contributed by atoms with Crippen molar-refractivity contribution in [1.82, 2.24) is 4.98 Å². The van der Waals surface area contributed by atoms with Gasteiger partial charge in [-0.3, -0.25) is 0 Å². The molecule has 12 heavy (non-hydrogen) atoms. The number of nitrogens with zero attached hydrogens (tertiary/aromatic N) is 1. The number of hydrogen-bond acceptors (Lipinski definition) is 1. The Morgan fingerprint density at radius 3 is 2.42 bits per heavy atom. The molecule has 0 unspecified atom stereocenters. The standard InChI is InChI=1S/C6H2BrF2I2N/c7-4-3(5(8)9)2(10)1-12-6(4)11/h1,5H. The van der Waals surface area contributed by atoms with Crippen molar-refractivity contribution >= 4 is 61.1 Å². The van der Waals surface area contributed by atoms with E-state index in [4.69, 9.17) is 0 Å². The Bertz CT molecular complexity index is 306. The molecule has 1 aromatic heterocycles. The second kappa shape index (κ2) is 4.45. The third kappa shape index (κ3) is 2.25. The van der Waals surface area contributed by atoms with Crippen LogP contribution in [0.25, 0.3) is 0 Å². The van der Waals surface area contributed by atoms with E-state index < -0.39 is 6.43 Å². The van der Waals surface area contributed by atoms with Gasteiger partial charge in [-0.05, 0) is 61.1 Å². The largest absolute Gasteiger partial charge is 0.266 e. The number of halogens is 5. The zero-order chi connectivity index (χ0) is 9.30. The number of alkyl halides is 2. The number of hydrogen-bond donors (Lipinski definition) is 0. The second-order valence-corrected chi connectivity index (χ2v) is 4.90. The summed E-state index contributed by atoms with van der Waals surface area (Å²) in [7, 11) is 0. The van der Waals surface area contributed by atoms with E-state index in [-0.39, 0.29) is 5.56 Å². The summed E-state index contributed by atoms with van der Waals surface area (Å²) >= 11 is 6.82. The van der Waals surface area contributed by atoms with Crippen LogP contribution in [0.1, 0.15) is 12.0 Å². The second-order valence-electron chi connectivity index (χ2n) is 1.93. The molecule has 0 saturated carbocycles.